The van der Waals surface area contributed by atoms with Crippen LogP contribution in [0.5, 0.6) is 0 Å². The fraction of sp³-hybridized carbons (Fsp3) is 0.412. The van der Waals surface area contributed by atoms with Gasteiger partial charge in [0.25, 0.3) is 0 Å². The molecule has 0 aromatic carbocycles. The molecule has 7 nitrogen and oxygen atoms in total. The third-order valence-electron chi connectivity index (χ3n) is 4.10. The molecule has 2 aromatic rings. The number of fused-ring (bicyclic) bond motifs is 1. The van der Waals surface area contributed by atoms with Crippen LogP contribution in [0.3, 0.4) is 0 Å². The zero-order chi connectivity index (χ0) is 17.1. The molecule has 0 amide bonds. The Balaban J connectivity index is 1.98. The number of allylic oxidation sites excluding steroid dienone is 1. The molecular formula is C17H18N4O3. The van der Waals surface area contributed by atoms with Gasteiger partial charge in [0.15, 0.2) is 5.82 Å². The number of methoxy groups -OCH3 is 1. The Morgan fingerprint density at radius 3 is 3.00 bits per heavy atom. The van der Waals surface area contributed by atoms with E-state index in [-0.39, 0.29) is 0 Å². The first-order valence-electron chi connectivity index (χ1n) is 7.87. The third-order valence-corrected chi connectivity index (χ3v) is 4.10. The predicted octanol–water partition coefficient (Wildman–Crippen LogP) is 2.76. The van der Waals surface area contributed by atoms with Crippen molar-refractivity contribution in [2.24, 2.45) is 0 Å². The van der Waals surface area contributed by atoms with Gasteiger partial charge in [-0.25, -0.2) is 4.79 Å². The van der Waals surface area contributed by atoms with Crippen LogP contribution in [-0.4, -0.2) is 27.8 Å². The van der Waals surface area contributed by atoms with E-state index in [0.717, 1.165) is 38.1 Å². The number of ether oxygens (including phenoxy) is 1. The third kappa shape index (κ3) is 2.95. The van der Waals surface area contributed by atoms with Gasteiger partial charge in [-0.3, -0.25) is 0 Å². The van der Waals surface area contributed by atoms with Crippen molar-refractivity contribution in [2.45, 2.75) is 39.2 Å². The van der Waals surface area contributed by atoms with E-state index in [1.807, 2.05) is 4.57 Å². The number of nitrogens with zero attached hydrogens (tertiary/aromatic N) is 4. The molecule has 0 atom stereocenters. The molecule has 0 unspecified atom stereocenters. The van der Waals surface area contributed by atoms with Crippen LogP contribution in [-0.2, 0) is 17.7 Å². The molecule has 0 bridgehead atoms. The summed E-state index contributed by atoms with van der Waals surface area (Å²) in [5.74, 6) is 1.85. The maximum Gasteiger partial charge on any atom is 0.341 e. The molecule has 124 valence electrons. The standard InChI is InChI=1S/C17H18N4O3/c1-11-14(17(22)23-2)9-13(24-11)8-12(10-18)16-20-19-15-6-4-3-5-7-21(15)16/h8-9H,3-7H2,1-2H3. The minimum Gasteiger partial charge on any atom is -0.465 e. The van der Waals surface area contributed by atoms with Gasteiger partial charge in [0.2, 0.25) is 0 Å². The molecule has 7 heteroatoms. The Morgan fingerprint density at radius 2 is 2.25 bits per heavy atom. The van der Waals surface area contributed by atoms with Crippen molar-refractivity contribution in [3.05, 3.63) is 34.8 Å². The van der Waals surface area contributed by atoms with E-state index in [1.165, 1.54) is 7.11 Å². The van der Waals surface area contributed by atoms with E-state index >= 15 is 0 Å². The fourth-order valence-electron chi connectivity index (χ4n) is 2.86. The number of hydrogen-bond donors (Lipinski definition) is 0. The normalized spacial score (nSPS) is 14.6. The summed E-state index contributed by atoms with van der Waals surface area (Å²) in [5, 5.41) is 17.9. The van der Waals surface area contributed by atoms with E-state index in [1.54, 1.807) is 19.1 Å². The first kappa shape index (κ1) is 16.0. The summed E-state index contributed by atoms with van der Waals surface area (Å²) < 4.78 is 12.3. The lowest BCUT2D eigenvalue weighted by Crippen LogP contribution is -2.05. The Labute approximate surface area is 139 Å². The molecular weight excluding hydrogens is 308 g/mol. The minimum absolute atomic E-state index is 0.348. The van der Waals surface area contributed by atoms with Crippen molar-refractivity contribution in [3.8, 4) is 6.07 Å². The minimum atomic E-state index is -0.467. The van der Waals surface area contributed by atoms with Crippen LogP contribution in [0.25, 0.3) is 11.6 Å². The molecule has 0 spiro atoms. The Kier molecular flexibility index (Phi) is 4.47. The van der Waals surface area contributed by atoms with Crippen LogP contribution in [0.1, 0.15) is 52.8 Å². The number of carbonyl (C=O) groups excluding carboxylic acids is 1. The molecule has 1 aliphatic rings. The summed E-state index contributed by atoms with van der Waals surface area (Å²) in [6.45, 7) is 2.49. The Hall–Kier alpha value is -2.88. The van der Waals surface area contributed by atoms with E-state index in [2.05, 4.69) is 16.3 Å². The van der Waals surface area contributed by atoms with Gasteiger partial charge in [-0.05, 0) is 25.8 Å². The van der Waals surface area contributed by atoms with E-state index in [9.17, 15) is 10.1 Å². The van der Waals surface area contributed by atoms with Gasteiger partial charge in [-0.1, -0.05) is 6.42 Å². The first-order valence-corrected chi connectivity index (χ1v) is 7.87. The summed E-state index contributed by atoms with van der Waals surface area (Å²) in [6.07, 6.45) is 5.74. The molecule has 0 saturated carbocycles. The molecule has 0 aliphatic carbocycles. The number of furan rings is 1. The maximum absolute atomic E-state index is 11.7. The zero-order valence-electron chi connectivity index (χ0n) is 13.7. The summed E-state index contributed by atoms with van der Waals surface area (Å²) in [5.41, 5.74) is 0.710. The van der Waals surface area contributed by atoms with Gasteiger partial charge in [-0.15, -0.1) is 10.2 Å². The zero-order valence-corrected chi connectivity index (χ0v) is 13.7. The molecule has 3 heterocycles. The molecule has 0 saturated heterocycles. The molecule has 1 aliphatic heterocycles. The molecule has 24 heavy (non-hydrogen) atoms. The molecule has 0 radical (unpaired) electrons. The van der Waals surface area contributed by atoms with Crippen molar-refractivity contribution >= 4 is 17.6 Å². The largest absolute Gasteiger partial charge is 0.465 e. The highest BCUT2D eigenvalue weighted by Crippen LogP contribution is 2.23. The van der Waals surface area contributed by atoms with Gasteiger partial charge in [0, 0.05) is 19.0 Å². The number of rotatable bonds is 3. The second-order valence-electron chi connectivity index (χ2n) is 5.68. The number of aryl methyl sites for hydroxylation is 2. The average molecular weight is 326 g/mol. The van der Waals surface area contributed by atoms with Crippen LogP contribution in [0.4, 0.5) is 0 Å². The second-order valence-corrected chi connectivity index (χ2v) is 5.68. The molecule has 0 fully saturated rings. The molecule has 2 aromatic heterocycles. The topological polar surface area (TPSA) is 93.9 Å². The molecule has 3 rings (SSSR count). The monoisotopic (exact) mass is 326 g/mol. The summed E-state index contributed by atoms with van der Waals surface area (Å²) in [4.78, 5) is 11.7. The number of aromatic nitrogens is 3. The highest BCUT2D eigenvalue weighted by Gasteiger charge is 2.19. The van der Waals surface area contributed by atoms with Gasteiger partial charge in [0.05, 0.1) is 7.11 Å². The van der Waals surface area contributed by atoms with E-state index < -0.39 is 5.97 Å². The Morgan fingerprint density at radius 1 is 1.42 bits per heavy atom. The lowest BCUT2D eigenvalue weighted by Gasteiger charge is -2.05. The van der Waals surface area contributed by atoms with Crippen molar-refractivity contribution in [3.63, 3.8) is 0 Å². The number of hydrogen-bond acceptors (Lipinski definition) is 6. The summed E-state index contributed by atoms with van der Waals surface area (Å²) >= 11 is 0. The lowest BCUT2D eigenvalue weighted by atomic mass is 10.2. The van der Waals surface area contributed by atoms with Gasteiger partial charge < -0.3 is 13.7 Å². The van der Waals surface area contributed by atoms with Crippen LogP contribution in [0.2, 0.25) is 0 Å². The maximum atomic E-state index is 11.7. The van der Waals surface area contributed by atoms with Crippen LogP contribution in [0, 0.1) is 18.3 Å². The van der Waals surface area contributed by atoms with Crippen LogP contribution in [0.15, 0.2) is 10.5 Å². The van der Waals surface area contributed by atoms with Gasteiger partial charge in [-0.2, -0.15) is 5.26 Å². The second kappa shape index (κ2) is 6.71. The fourth-order valence-corrected chi connectivity index (χ4v) is 2.86. The number of esters is 1. The van der Waals surface area contributed by atoms with Crippen molar-refractivity contribution in [2.75, 3.05) is 7.11 Å². The Bertz CT molecular complexity index is 839. The predicted molar refractivity (Wildman–Crippen MR) is 85.8 cm³/mol. The van der Waals surface area contributed by atoms with Crippen LogP contribution >= 0.6 is 0 Å². The summed E-state index contributed by atoms with van der Waals surface area (Å²) in [6, 6.07) is 3.72. The summed E-state index contributed by atoms with van der Waals surface area (Å²) in [7, 11) is 1.32. The van der Waals surface area contributed by atoms with Gasteiger partial charge >= 0.3 is 5.97 Å². The quantitative estimate of drug-likeness (QED) is 0.636. The first-order chi connectivity index (χ1) is 11.6. The van der Waals surface area contributed by atoms with E-state index in [0.29, 0.717) is 28.5 Å². The molecule has 0 N–H and O–H groups in total. The van der Waals surface area contributed by atoms with Gasteiger partial charge in [0.1, 0.15) is 34.6 Å². The average Bonchev–Trinajstić information content (AvgIpc) is 3.07. The lowest BCUT2D eigenvalue weighted by molar-refractivity contribution is 0.0599. The number of carbonyl (C=O) groups is 1. The van der Waals surface area contributed by atoms with Crippen molar-refractivity contribution in [1.82, 2.24) is 14.8 Å². The highest BCUT2D eigenvalue weighted by atomic mass is 16.5. The van der Waals surface area contributed by atoms with E-state index in [4.69, 9.17) is 9.15 Å². The number of nitriles is 1. The van der Waals surface area contributed by atoms with Crippen molar-refractivity contribution in [1.29, 1.82) is 5.26 Å². The van der Waals surface area contributed by atoms with Crippen LogP contribution < -0.4 is 0 Å². The highest BCUT2D eigenvalue weighted by molar-refractivity contribution is 5.92. The van der Waals surface area contributed by atoms with Crippen molar-refractivity contribution < 1.29 is 13.9 Å². The SMILES string of the molecule is COC(=O)c1cc(C=C(C#N)c2nnc3n2CCCCC3)oc1C. The smallest absolute Gasteiger partial charge is 0.341 e.